The lowest BCUT2D eigenvalue weighted by Gasteiger charge is -2.30. The van der Waals surface area contributed by atoms with Gasteiger partial charge in [-0.05, 0) is 12.8 Å². The Balaban J connectivity index is 2.59. The first-order chi connectivity index (χ1) is 5.55. The minimum absolute atomic E-state index is 0.187. The van der Waals surface area contributed by atoms with E-state index in [0.717, 1.165) is 6.42 Å². The number of hydrogen-bond donors (Lipinski definition) is 0. The molecule has 71 valence electrons. The van der Waals surface area contributed by atoms with Gasteiger partial charge >= 0.3 is 6.18 Å². The molecule has 0 heterocycles. The zero-order chi connectivity index (χ0) is 9.19. The number of hydrogen-bond acceptors (Lipinski definition) is 1. The van der Waals surface area contributed by atoms with Gasteiger partial charge < -0.3 is 4.74 Å². The van der Waals surface area contributed by atoms with Crippen LogP contribution in [0.4, 0.5) is 13.2 Å². The zero-order valence-electron chi connectivity index (χ0n) is 6.95. The lowest BCUT2D eigenvalue weighted by atomic mass is 9.86. The Bertz CT molecular complexity index is 144. The maximum absolute atomic E-state index is 12.3. The summed E-state index contributed by atoms with van der Waals surface area (Å²) >= 11 is 0. The van der Waals surface area contributed by atoms with Crippen molar-refractivity contribution in [2.24, 2.45) is 5.92 Å². The first kappa shape index (κ1) is 9.84. The monoisotopic (exact) mass is 181 g/mol. The summed E-state index contributed by atoms with van der Waals surface area (Å²) in [6.07, 6.45) is -1.81. The molecule has 0 aromatic rings. The third kappa shape index (κ3) is 2.12. The second-order valence-electron chi connectivity index (χ2n) is 3.01. The lowest BCUT2D eigenvalue weighted by molar-refractivity contribution is -0.190. The van der Waals surface area contributed by atoms with Crippen LogP contribution >= 0.6 is 0 Å². The van der Waals surface area contributed by atoms with Crippen molar-refractivity contribution in [2.75, 3.05) is 7.11 Å². The smallest absolute Gasteiger partial charge is 0.375 e. The molecule has 1 radical (unpaired) electrons. The van der Waals surface area contributed by atoms with E-state index in [4.69, 9.17) is 4.74 Å². The molecule has 0 saturated heterocycles. The van der Waals surface area contributed by atoms with Crippen LogP contribution in [0.1, 0.15) is 25.7 Å². The third-order valence-electron chi connectivity index (χ3n) is 2.21. The molecule has 1 saturated carbocycles. The van der Waals surface area contributed by atoms with Crippen LogP contribution in [0.3, 0.4) is 0 Å². The summed E-state index contributed by atoms with van der Waals surface area (Å²) in [5, 5.41) is 0. The van der Waals surface area contributed by atoms with Crippen molar-refractivity contribution in [1.29, 1.82) is 0 Å². The quantitative estimate of drug-likeness (QED) is 0.604. The van der Waals surface area contributed by atoms with E-state index in [1.165, 1.54) is 7.11 Å². The zero-order valence-corrected chi connectivity index (χ0v) is 6.95. The normalized spacial score (nSPS) is 27.5. The van der Waals surface area contributed by atoms with Crippen LogP contribution in [0.5, 0.6) is 0 Å². The van der Waals surface area contributed by atoms with E-state index in [1.54, 1.807) is 0 Å². The number of methoxy groups -OCH3 is 1. The highest BCUT2D eigenvalue weighted by molar-refractivity contribution is 4.94. The Hall–Kier alpha value is -0.250. The first-order valence-electron chi connectivity index (χ1n) is 4.02. The van der Waals surface area contributed by atoms with Crippen molar-refractivity contribution < 1.29 is 17.9 Å². The SMILES string of the molecule is CO[C]1CCCCC1C(F)(F)F. The number of alkyl halides is 3. The van der Waals surface area contributed by atoms with Gasteiger partial charge in [-0.1, -0.05) is 12.8 Å². The highest BCUT2D eigenvalue weighted by atomic mass is 19.4. The van der Waals surface area contributed by atoms with Crippen LogP contribution in [0.25, 0.3) is 0 Å². The minimum Gasteiger partial charge on any atom is -0.375 e. The van der Waals surface area contributed by atoms with Crippen LogP contribution in [-0.2, 0) is 4.74 Å². The van der Waals surface area contributed by atoms with Gasteiger partial charge in [0, 0.05) is 7.11 Å². The maximum Gasteiger partial charge on any atom is 0.394 e. The van der Waals surface area contributed by atoms with Gasteiger partial charge in [-0.3, -0.25) is 0 Å². The van der Waals surface area contributed by atoms with Crippen LogP contribution < -0.4 is 0 Å². The van der Waals surface area contributed by atoms with Gasteiger partial charge in [0.2, 0.25) is 0 Å². The highest BCUT2D eigenvalue weighted by Gasteiger charge is 2.46. The molecule has 0 bridgehead atoms. The molecule has 1 atom stereocenters. The third-order valence-corrected chi connectivity index (χ3v) is 2.21. The standard InChI is InChI=1S/C8H12F3O/c1-12-7-5-3-2-4-6(7)8(9,10)11/h6H,2-5H2,1H3. The Kier molecular flexibility index (Phi) is 2.99. The van der Waals surface area contributed by atoms with E-state index in [0.29, 0.717) is 12.8 Å². The predicted molar refractivity (Wildman–Crippen MR) is 38.3 cm³/mol. The number of halogens is 3. The Labute approximate surface area is 69.9 Å². The van der Waals surface area contributed by atoms with Crippen LogP contribution in [0, 0.1) is 12.0 Å². The fourth-order valence-electron chi connectivity index (χ4n) is 1.57. The molecule has 0 N–H and O–H groups in total. The van der Waals surface area contributed by atoms with Crippen molar-refractivity contribution >= 4 is 0 Å². The lowest BCUT2D eigenvalue weighted by Crippen LogP contribution is -2.32. The predicted octanol–water partition coefficient (Wildman–Crippen LogP) is 2.92. The molecular formula is C8H12F3O. The van der Waals surface area contributed by atoms with Gasteiger partial charge in [-0.2, -0.15) is 13.2 Å². The average molecular weight is 181 g/mol. The molecule has 1 aliphatic carbocycles. The molecule has 1 unspecified atom stereocenters. The van der Waals surface area contributed by atoms with Crippen LogP contribution in [-0.4, -0.2) is 13.3 Å². The molecule has 1 aliphatic rings. The fraction of sp³-hybridized carbons (Fsp3) is 0.875. The van der Waals surface area contributed by atoms with Gasteiger partial charge in [-0.15, -0.1) is 0 Å². The van der Waals surface area contributed by atoms with E-state index >= 15 is 0 Å². The van der Waals surface area contributed by atoms with Crippen molar-refractivity contribution in [3.8, 4) is 0 Å². The molecule has 1 nitrogen and oxygen atoms in total. The number of ether oxygens (including phenoxy) is 1. The highest BCUT2D eigenvalue weighted by Crippen LogP contribution is 2.42. The van der Waals surface area contributed by atoms with Crippen molar-refractivity contribution in [3.05, 3.63) is 6.10 Å². The summed E-state index contributed by atoms with van der Waals surface area (Å²) < 4.78 is 41.6. The van der Waals surface area contributed by atoms with Crippen molar-refractivity contribution in [1.82, 2.24) is 0 Å². The van der Waals surface area contributed by atoms with Crippen molar-refractivity contribution in [2.45, 2.75) is 31.9 Å². The Morgan fingerprint density at radius 3 is 2.42 bits per heavy atom. The summed E-state index contributed by atoms with van der Waals surface area (Å²) in [5.74, 6) is -1.32. The molecule has 0 aromatic heterocycles. The fourth-order valence-corrected chi connectivity index (χ4v) is 1.57. The van der Waals surface area contributed by atoms with Gasteiger partial charge in [0.05, 0.1) is 5.92 Å². The average Bonchev–Trinajstić information content (AvgIpc) is 2.03. The number of rotatable bonds is 1. The molecule has 1 fully saturated rings. The maximum atomic E-state index is 12.3. The van der Waals surface area contributed by atoms with Crippen LogP contribution in [0.2, 0.25) is 0 Å². The summed E-state index contributed by atoms with van der Waals surface area (Å²) in [5.41, 5.74) is 0. The molecule has 4 heteroatoms. The first-order valence-corrected chi connectivity index (χ1v) is 4.02. The molecule has 0 aliphatic heterocycles. The molecule has 0 spiro atoms. The van der Waals surface area contributed by atoms with E-state index in [-0.39, 0.29) is 12.5 Å². The summed E-state index contributed by atoms with van der Waals surface area (Å²) in [7, 11) is 1.32. The second kappa shape index (κ2) is 3.64. The van der Waals surface area contributed by atoms with Gasteiger partial charge in [0.1, 0.15) is 6.10 Å². The van der Waals surface area contributed by atoms with Gasteiger partial charge in [-0.25, -0.2) is 0 Å². The van der Waals surface area contributed by atoms with E-state index in [9.17, 15) is 13.2 Å². The summed E-state index contributed by atoms with van der Waals surface area (Å²) in [6.45, 7) is 0. The van der Waals surface area contributed by atoms with Gasteiger partial charge in [0.15, 0.2) is 0 Å². The second-order valence-corrected chi connectivity index (χ2v) is 3.01. The Morgan fingerprint density at radius 1 is 1.33 bits per heavy atom. The topological polar surface area (TPSA) is 9.23 Å². The van der Waals surface area contributed by atoms with E-state index in [1.807, 2.05) is 0 Å². The van der Waals surface area contributed by atoms with Crippen LogP contribution in [0.15, 0.2) is 0 Å². The molecule has 1 rings (SSSR count). The van der Waals surface area contributed by atoms with E-state index in [2.05, 4.69) is 0 Å². The Morgan fingerprint density at radius 2 is 2.00 bits per heavy atom. The molecule has 0 amide bonds. The summed E-state index contributed by atoms with van der Waals surface area (Å²) in [4.78, 5) is 0. The molecule has 0 aromatic carbocycles. The van der Waals surface area contributed by atoms with E-state index < -0.39 is 12.1 Å². The summed E-state index contributed by atoms with van der Waals surface area (Å²) in [6, 6.07) is 0. The van der Waals surface area contributed by atoms with Gasteiger partial charge in [0.25, 0.3) is 0 Å². The largest absolute Gasteiger partial charge is 0.394 e. The van der Waals surface area contributed by atoms with Crippen molar-refractivity contribution in [3.63, 3.8) is 0 Å². The minimum atomic E-state index is -4.12. The molecule has 12 heavy (non-hydrogen) atoms. The molecular weight excluding hydrogens is 169 g/mol.